The van der Waals surface area contributed by atoms with Crippen LogP contribution < -0.4 is 10.5 Å². The molecule has 1 spiro atoms. The average Bonchev–Trinajstić information content (AvgIpc) is 3.00. The van der Waals surface area contributed by atoms with Gasteiger partial charge in [0.25, 0.3) is 0 Å². The summed E-state index contributed by atoms with van der Waals surface area (Å²) in [4.78, 5) is 17.9. The zero-order valence-corrected chi connectivity index (χ0v) is 15.5. The van der Waals surface area contributed by atoms with Crippen LogP contribution in [0.2, 0.25) is 0 Å². The smallest absolute Gasteiger partial charge is 0.218 e. The van der Waals surface area contributed by atoms with E-state index in [1.54, 1.807) is 19.1 Å². The van der Waals surface area contributed by atoms with Crippen molar-refractivity contribution in [2.75, 3.05) is 21.3 Å². The number of guanidine groups is 1. The fraction of sp³-hybridized carbons (Fsp3) is 0.400. The van der Waals surface area contributed by atoms with E-state index in [2.05, 4.69) is 4.99 Å². The van der Waals surface area contributed by atoms with Gasteiger partial charge in [-0.05, 0) is 29.8 Å². The average molecular weight is 369 g/mol. The number of allylic oxidation sites excluding steroid dienone is 4. The largest absolute Gasteiger partial charge is 0.497 e. The maximum absolute atomic E-state index is 11.8. The Labute approximate surface area is 157 Å². The maximum atomic E-state index is 11.8. The molecule has 3 atom stereocenters. The Morgan fingerprint density at radius 3 is 2.41 bits per heavy atom. The number of rotatable bonds is 3. The highest BCUT2D eigenvalue weighted by atomic mass is 16.5. The van der Waals surface area contributed by atoms with E-state index in [4.69, 9.17) is 15.2 Å². The predicted molar refractivity (Wildman–Crippen MR) is 100 cm³/mol. The summed E-state index contributed by atoms with van der Waals surface area (Å²) < 4.78 is 11.2. The molecule has 0 amide bonds. The topological polar surface area (TPSA) is 97.4 Å². The molecular formula is C20H23N3O4. The van der Waals surface area contributed by atoms with Crippen molar-refractivity contribution < 1.29 is 19.4 Å². The van der Waals surface area contributed by atoms with Crippen LogP contribution in [0.25, 0.3) is 0 Å². The van der Waals surface area contributed by atoms with Crippen molar-refractivity contribution in [2.45, 2.75) is 23.8 Å². The second-order valence-electron chi connectivity index (χ2n) is 7.31. The highest BCUT2D eigenvalue weighted by Crippen LogP contribution is 2.65. The number of ether oxygens (including phenoxy) is 2. The Bertz CT molecular complexity index is 860. The number of benzene rings is 1. The first-order valence-corrected chi connectivity index (χ1v) is 8.75. The molecule has 0 bridgehead atoms. The predicted octanol–water partition coefficient (Wildman–Crippen LogP) is 1.16. The van der Waals surface area contributed by atoms with E-state index in [-0.39, 0.29) is 18.2 Å². The fourth-order valence-corrected chi connectivity index (χ4v) is 4.75. The number of carbonyl (C=O) groups excluding carboxylic acids is 1. The number of methoxy groups -OCH3 is 2. The van der Waals surface area contributed by atoms with Gasteiger partial charge in [-0.15, -0.1) is 0 Å². The first-order chi connectivity index (χ1) is 12.8. The molecule has 7 nitrogen and oxygen atoms in total. The summed E-state index contributed by atoms with van der Waals surface area (Å²) in [5.74, 6) is 0.465. The number of nitrogens with two attached hydrogens (primary N) is 1. The van der Waals surface area contributed by atoms with Crippen LogP contribution >= 0.6 is 0 Å². The minimum absolute atomic E-state index is 0.0824. The molecule has 7 heteroatoms. The molecular weight excluding hydrogens is 346 g/mol. The van der Waals surface area contributed by atoms with Crippen molar-refractivity contribution >= 4 is 11.7 Å². The molecule has 27 heavy (non-hydrogen) atoms. The van der Waals surface area contributed by atoms with E-state index in [0.29, 0.717) is 0 Å². The molecule has 1 saturated carbocycles. The third kappa shape index (κ3) is 2.15. The molecule has 0 saturated heterocycles. The second-order valence-corrected chi connectivity index (χ2v) is 7.31. The van der Waals surface area contributed by atoms with E-state index in [1.807, 2.05) is 36.4 Å². The lowest BCUT2D eigenvalue weighted by Crippen LogP contribution is -2.58. The van der Waals surface area contributed by atoms with Crippen LogP contribution in [0.4, 0.5) is 0 Å². The monoisotopic (exact) mass is 369 g/mol. The Kier molecular flexibility index (Phi) is 3.73. The minimum atomic E-state index is -1.45. The van der Waals surface area contributed by atoms with Gasteiger partial charge >= 0.3 is 0 Å². The summed E-state index contributed by atoms with van der Waals surface area (Å²) in [5, 5.41) is 11.7. The van der Waals surface area contributed by atoms with Crippen LogP contribution in [-0.2, 0) is 9.53 Å². The van der Waals surface area contributed by atoms with Crippen LogP contribution in [0.3, 0.4) is 0 Å². The third-order valence-corrected chi connectivity index (χ3v) is 6.11. The highest BCUT2D eigenvalue weighted by molar-refractivity contribution is 6.00. The van der Waals surface area contributed by atoms with Crippen LogP contribution in [0, 0.1) is 5.41 Å². The van der Waals surface area contributed by atoms with Gasteiger partial charge in [-0.1, -0.05) is 24.3 Å². The molecule has 1 aromatic carbocycles. The second kappa shape index (κ2) is 5.68. The lowest BCUT2D eigenvalue weighted by Gasteiger charge is -2.40. The Hall–Kier alpha value is -2.64. The minimum Gasteiger partial charge on any atom is -0.497 e. The van der Waals surface area contributed by atoms with Gasteiger partial charge < -0.3 is 25.2 Å². The first-order valence-electron chi connectivity index (χ1n) is 8.75. The van der Waals surface area contributed by atoms with Crippen molar-refractivity contribution in [3.63, 3.8) is 0 Å². The first kappa shape index (κ1) is 17.8. The molecule has 1 heterocycles. The number of aliphatic imine (C=N–C) groups is 1. The van der Waals surface area contributed by atoms with Crippen LogP contribution in [-0.4, -0.2) is 54.5 Å². The number of fused-ring (bicyclic) bond motifs is 1. The van der Waals surface area contributed by atoms with Crippen molar-refractivity contribution in [2.24, 2.45) is 16.1 Å². The zero-order valence-electron chi connectivity index (χ0n) is 15.5. The third-order valence-electron chi connectivity index (χ3n) is 6.11. The molecule has 0 unspecified atom stereocenters. The molecule has 2 aliphatic carbocycles. The van der Waals surface area contributed by atoms with Crippen molar-refractivity contribution in [3.05, 3.63) is 54.1 Å². The summed E-state index contributed by atoms with van der Waals surface area (Å²) in [7, 11) is 4.83. The summed E-state index contributed by atoms with van der Waals surface area (Å²) in [6.07, 6.45) is 7.06. The van der Waals surface area contributed by atoms with E-state index < -0.39 is 22.8 Å². The summed E-state index contributed by atoms with van der Waals surface area (Å²) in [6.45, 7) is 0. The Morgan fingerprint density at radius 1 is 1.22 bits per heavy atom. The molecule has 0 aromatic heterocycles. The molecule has 3 N–H and O–H groups in total. The van der Waals surface area contributed by atoms with E-state index in [9.17, 15) is 9.90 Å². The zero-order chi connectivity index (χ0) is 19.4. The lowest BCUT2D eigenvalue weighted by molar-refractivity contribution is -0.188. The van der Waals surface area contributed by atoms with Crippen molar-refractivity contribution in [3.8, 4) is 5.75 Å². The van der Waals surface area contributed by atoms with Gasteiger partial charge in [0.15, 0.2) is 17.5 Å². The number of nitrogens with zero attached hydrogens (tertiary/aromatic N) is 2. The van der Waals surface area contributed by atoms with Crippen LogP contribution in [0.15, 0.2) is 53.6 Å². The normalized spacial score (nSPS) is 33.5. The summed E-state index contributed by atoms with van der Waals surface area (Å²) >= 11 is 0. The van der Waals surface area contributed by atoms with Crippen molar-refractivity contribution in [1.29, 1.82) is 0 Å². The highest BCUT2D eigenvalue weighted by Gasteiger charge is 2.74. The number of hydrogen-bond donors (Lipinski definition) is 2. The van der Waals surface area contributed by atoms with Gasteiger partial charge in [0, 0.05) is 26.0 Å². The molecule has 0 radical (unpaired) electrons. The number of likely N-dealkylation sites (N-methyl/N-ethyl adjacent to an activating group) is 1. The lowest BCUT2D eigenvalue weighted by atomic mass is 9.70. The summed E-state index contributed by atoms with van der Waals surface area (Å²) in [5.41, 5.74) is 3.56. The van der Waals surface area contributed by atoms with E-state index in [0.717, 1.165) is 11.3 Å². The molecule has 3 aliphatic rings. The molecule has 142 valence electrons. The van der Waals surface area contributed by atoms with Gasteiger partial charge in [0.05, 0.1) is 13.0 Å². The van der Waals surface area contributed by atoms with Crippen LogP contribution in [0.5, 0.6) is 5.75 Å². The standard InChI is InChI=1S/C20H23N3O4/c1-23-17(21)22-20(27-3)16(13-4-6-15(26-2)7-5-13)18(12-19(20,23)25)10-8-14(24)9-11-18/h4-11,16,25H,12H2,1-3H3,(H2,21,22)/t16-,19-,20+/m1/s1. The van der Waals surface area contributed by atoms with Gasteiger partial charge in [-0.25, -0.2) is 4.99 Å². The maximum Gasteiger partial charge on any atom is 0.218 e. The quantitative estimate of drug-likeness (QED) is 0.830. The SMILES string of the molecule is COc1ccc([C@@H]2C3(C=CC(=O)C=C3)C[C@]3(O)N(C)C(N)=N[C@]23OC)cc1. The molecule has 4 rings (SSSR count). The van der Waals surface area contributed by atoms with Gasteiger partial charge in [0.2, 0.25) is 5.72 Å². The molecule has 1 fully saturated rings. The van der Waals surface area contributed by atoms with E-state index in [1.165, 1.54) is 19.3 Å². The number of carbonyl (C=O) groups is 1. The Morgan fingerprint density at radius 2 is 1.85 bits per heavy atom. The Balaban J connectivity index is 1.95. The van der Waals surface area contributed by atoms with Gasteiger partial charge in [0.1, 0.15) is 5.75 Å². The van der Waals surface area contributed by atoms with Gasteiger partial charge in [-0.2, -0.15) is 0 Å². The van der Waals surface area contributed by atoms with E-state index >= 15 is 0 Å². The number of ketones is 1. The van der Waals surface area contributed by atoms with Crippen molar-refractivity contribution in [1.82, 2.24) is 4.90 Å². The number of aliphatic hydroxyl groups is 1. The summed E-state index contributed by atoms with van der Waals surface area (Å²) in [6, 6.07) is 7.58. The number of hydrogen-bond acceptors (Lipinski definition) is 7. The molecule has 1 aromatic rings. The van der Waals surface area contributed by atoms with Gasteiger partial charge in [-0.3, -0.25) is 4.79 Å². The molecule has 1 aliphatic heterocycles. The fourth-order valence-electron chi connectivity index (χ4n) is 4.75. The van der Waals surface area contributed by atoms with Crippen LogP contribution in [0.1, 0.15) is 17.9 Å².